The second kappa shape index (κ2) is 8.41. The van der Waals surface area contributed by atoms with Crippen molar-refractivity contribution in [2.75, 3.05) is 11.0 Å². The molecule has 0 amide bonds. The fourth-order valence-corrected chi connectivity index (χ4v) is 3.42. The summed E-state index contributed by atoms with van der Waals surface area (Å²) >= 11 is 6.30. The summed E-state index contributed by atoms with van der Waals surface area (Å²) in [6.45, 7) is 0. The number of sulfonamides is 1. The second-order valence-corrected chi connectivity index (χ2v) is 9.16. The SMILES string of the molecule is CS(=O)(=O)Nc1ncc(-c2ccc(Oc3cc(Cl)c(OC4CC4)c(C#N)c3)cc2)cn1. The lowest BCUT2D eigenvalue weighted by Gasteiger charge is -2.12. The van der Waals surface area contributed by atoms with Crippen LogP contribution in [-0.4, -0.2) is 30.7 Å². The van der Waals surface area contributed by atoms with Crippen LogP contribution in [0.2, 0.25) is 5.02 Å². The summed E-state index contributed by atoms with van der Waals surface area (Å²) in [6, 6.07) is 12.5. The molecule has 31 heavy (non-hydrogen) atoms. The van der Waals surface area contributed by atoms with Crippen LogP contribution in [0.1, 0.15) is 18.4 Å². The van der Waals surface area contributed by atoms with Gasteiger partial charge in [0.1, 0.15) is 17.6 Å². The topological polar surface area (TPSA) is 114 Å². The number of nitrogens with one attached hydrogen (secondary N) is 1. The first-order chi connectivity index (χ1) is 14.8. The molecule has 158 valence electrons. The van der Waals surface area contributed by atoms with E-state index in [1.807, 2.05) is 12.1 Å². The number of nitriles is 1. The van der Waals surface area contributed by atoms with Crippen LogP contribution in [0.15, 0.2) is 48.8 Å². The number of hydrogen-bond acceptors (Lipinski definition) is 7. The van der Waals surface area contributed by atoms with Crippen molar-refractivity contribution in [1.29, 1.82) is 5.26 Å². The molecule has 0 radical (unpaired) electrons. The standard InChI is InChI=1S/C21H17ClN4O4S/c1-31(27,28)26-21-24-11-15(12-25-21)13-2-4-16(5-3-13)29-18-8-14(10-23)20(19(22)9-18)30-17-6-7-17/h2-5,8-9,11-12,17H,6-7H2,1H3,(H,24,25,26). The van der Waals surface area contributed by atoms with Crippen LogP contribution in [0.25, 0.3) is 11.1 Å². The molecule has 1 N–H and O–H groups in total. The fraction of sp³-hybridized carbons (Fsp3) is 0.190. The number of benzene rings is 2. The molecular formula is C21H17ClN4O4S. The quantitative estimate of drug-likeness (QED) is 0.561. The van der Waals surface area contributed by atoms with E-state index >= 15 is 0 Å². The van der Waals surface area contributed by atoms with E-state index in [0.717, 1.165) is 24.7 Å². The van der Waals surface area contributed by atoms with E-state index in [0.29, 0.717) is 33.4 Å². The van der Waals surface area contributed by atoms with Gasteiger partial charge in [0.25, 0.3) is 0 Å². The summed E-state index contributed by atoms with van der Waals surface area (Å²) in [7, 11) is -3.43. The fourth-order valence-electron chi connectivity index (χ4n) is 2.73. The summed E-state index contributed by atoms with van der Waals surface area (Å²) in [6.07, 6.45) is 6.14. The van der Waals surface area contributed by atoms with Crippen LogP contribution in [0.5, 0.6) is 17.2 Å². The Morgan fingerprint density at radius 2 is 1.77 bits per heavy atom. The smallest absolute Gasteiger partial charge is 0.236 e. The van der Waals surface area contributed by atoms with Crippen molar-refractivity contribution in [2.24, 2.45) is 0 Å². The van der Waals surface area contributed by atoms with Crippen molar-refractivity contribution in [1.82, 2.24) is 9.97 Å². The molecular weight excluding hydrogens is 440 g/mol. The van der Waals surface area contributed by atoms with Gasteiger partial charge in [-0.25, -0.2) is 18.4 Å². The van der Waals surface area contributed by atoms with E-state index in [-0.39, 0.29) is 12.1 Å². The van der Waals surface area contributed by atoms with E-state index in [1.165, 1.54) is 12.4 Å². The molecule has 0 spiro atoms. The Morgan fingerprint density at radius 3 is 2.35 bits per heavy atom. The van der Waals surface area contributed by atoms with Crippen molar-refractivity contribution < 1.29 is 17.9 Å². The normalized spacial score (nSPS) is 13.3. The van der Waals surface area contributed by atoms with Gasteiger partial charge in [0.15, 0.2) is 5.75 Å². The third-order valence-electron chi connectivity index (χ3n) is 4.30. The van der Waals surface area contributed by atoms with Crippen molar-refractivity contribution in [3.05, 3.63) is 59.4 Å². The van der Waals surface area contributed by atoms with E-state index in [4.69, 9.17) is 21.1 Å². The average molecular weight is 457 g/mol. The summed E-state index contributed by atoms with van der Waals surface area (Å²) in [4.78, 5) is 8.01. The van der Waals surface area contributed by atoms with Crippen LogP contribution in [-0.2, 0) is 10.0 Å². The summed E-state index contributed by atoms with van der Waals surface area (Å²) in [5.41, 5.74) is 1.86. The Morgan fingerprint density at radius 1 is 1.10 bits per heavy atom. The van der Waals surface area contributed by atoms with E-state index in [2.05, 4.69) is 20.8 Å². The molecule has 0 atom stereocenters. The molecule has 1 saturated carbocycles. The van der Waals surface area contributed by atoms with Crippen LogP contribution in [0.3, 0.4) is 0 Å². The highest BCUT2D eigenvalue weighted by Crippen LogP contribution is 2.38. The maximum Gasteiger partial charge on any atom is 0.236 e. The van der Waals surface area contributed by atoms with Crippen molar-refractivity contribution >= 4 is 27.6 Å². The van der Waals surface area contributed by atoms with Crippen molar-refractivity contribution in [2.45, 2.75) is 18.9 Å². The van der Waals surface area contributed by atoms with Gasteiger partial charge in [-0.3, -0.25) is 4.72 Å². The Balaban J connectivity index is 1.48. The summed E-state index contributed by atoms with van der Waals surface area (Å²) in [5, 5.41) is 9.75. The number of hydrogen-bond donors (Lipinski definition) is 1. The number of rotatable bonds is 7. The molecule has 0 bridgehead atoms. The number of aromatic nitrogens is 2. The highest BCUT2D eigenvalue weighted by atomic mass is 35.5. The third-order valence-corrected chi connectivity index (χ3v) is 5.13. The molecule has 1 aliphatic rings. The van der Waals surface area contributed by atoms with Gasteiger partial charge in [0.2, 0.25) is 16.0 Å². The van der Waals surface area contributed by atoms with Gasteiger partial charge in [0.05, 0.1) is 22.9 Å². The van der Waals surface area contributed by atoms with E-state index in [1.54, 1.807) is 24.3 Å². The van der Waals surface area contributed by atoms with Crippen LogP contribution >= 0.6 is 11.6 Å². The van der Waals surface area contributed by atoms with Crippen molar-refractivity contribution in [3.63, 3.8) is 0 Å². The predicted octanol–water partition coefficient (Wildman–Crippen LogP) is 4.37. The predicted molar refractivity (Wildman–Crippen MR) is 116 cm³/mol. The highest BCUT2D eigenvalue weighted by molar-refractivity contribution is 7.91. The van der Waals surface area contributed by atoms with Crippen LogP contribution in [0.4, 0.5) is 5.95 Å². The summed E-state index contributed by atoms with van der Waals surface area (Å²) in [5.74, 6) is 1.38. The van der Waals surface area contributed by atoms with Crippen molar-refractivity contribution in [3.8, 4) is 34.4 Å². The summed E-state index contributed by atoms with van der Waals surface area (Å²) < 4.78 is 36.3. The highest BCUT2D eigenvalue weighted by Gasteiger charge is 2.26. The van der Waals surface area contributed by atoms with E-state index < -0.39 is 10.0 Å². The zero-order valence-electron chi connectivity index (χ0n) is 16.4. The molecule has 1 aliphatic carbocycles. The van der Waals surface area contributed by atoms with Gasteiger partial charge in [-0.15, -0.1) is 0 Å². The number of nitrogens with zero attached hydrogens (tertiary/aromatic N) is 3. The molecule has 1 heterocycles. The molecule has 1 aromatic heterocycles. The van der Waals surface area contributed by atoms with Gasteiger partial charge < -0.3 is 9.47 Å². The monoisotopic (exact) mass is 456 g/mol. The maximum absolute atomic E-state index is 11.2. The minimum Gasteiger partial charge on any atom is -0.487 e. The Bertz CT molecular complexity index is 1250. The van der Waals surface area contributed by atoms with Gasteiger partial charge in [-0.2, -0.15) is 5.26 Å². The first-order valence-electron chi connectivity index (χ1n) is 9.29. The number of ether oxygens (including phenoxy) is 2. The Labute approximate surface area is 184 Å². The zero-order valence-corrected chi connectivity index (χ0v) is 17.9. The molecule has 4 rings (SSSR count). The zero-order chi connectivity index (χ0) is 22.0. The van der Waals surface area contributed by atoms with Gasteiger partial charge in [0, 0.05) is 30.1 Å². The third kappa shape index (κ3) is 5.42. The van der Waals surface area contributed by atoms with Gasteiger partial charge in [-0.1, -0.05) is 23.7 Å². The molecule has 8 nitrogen and oxygen atoms in total. The first kappa shape index (κ1) is 20.9. The van der Waals surface area contributed by atoms with Gasteiger partial charge >= 0.3 is 0 Å². The Hall–Kier alpha value is -3.35. The van der Waals surface area contributed by atoms with Crippen LogP contribution < -0.4 is 14.2 Å². The lowest BCUT2D eigenvalue weighted by atomic mass is 10.1. The first-order valence-corrected chi connectivity index (χ1v) is 11.6. The number of halogens is 1. The van der Waals surface area contributed by atoms with E-state index in [9.17, 15) is 13.7 Å². The minimum absolute atomic E-state index is 0.00508. The Kier molecular flexibility index (Phi) is 5.67. The number of anilines is 1. The second-order valence-electron chi connectivity index (χ2n) is 7.01. The molecule has 10 heteroatoms. The molecule has 0 aliphatic heterocycles. The minimum atomic E-state index is -3.43. The van der Waals surface area contributed by atoms with Crippen LogP contribution in [0, 0.1) is 11.3 Å². The average Bonchev–Trinajstić information content (AvgIpc) is 3.54. The molecule has 3 aromatic rings. The van der Waals surface area contributed by atoms with Gasteiger partial charge in [-0.05, 0) is 30.5 Å². The molecule has 0 saturated heterocycles. The lowest BCUT2D eigenvalue weighted by Crippen LogP contribution is -2.11. The maximum atomic E-state index is 11.2. The molecule has 2 aromatic carbocycles. The molecule has 0 unspecified atom stereocenters. The lowest BCUT2D eigenvalue weighted by molar-refractivity contribution is 0.302. The molecule has 1 fully saturated rings. The largest absolute Gasteiger partial charge is 0.487 e.